The standard InChI is InChI=1S/C23H31N5O3/c1-3-21-20(16-24-28(21)19-6-4-18(2)5-7-19)23(30)27-10-8-26(9-11-27)22(29)17-25-12-14-31-15-13-25/h4-7,16H,3,8-15,17H2,1-2H3. The van der Waals surface area contributed by atoms with E-state index < -0.39 is 0 Å². The van der Waals surface area contributed by atoms with E-state index in [-0.39, 0.29) is 11.8 Å². The Hall–Kier alpha value is -2.71. The van der Waals surface area contributed by atoms with Gasteiger partial charge in [0.25, 0.3) is 5.91 Å². The predicted molar refractivity (Wildman–Crippen MR) is 117 cm³/mol. The Kier molecular flexibility index (Phi) is 6.67. The van der Waals surface area contributed by atoms with Crippen molar-refractivity contribution in [2.45, 2.75) is 20.3 Å². The molecule has 0 bridgehead atoms. The minimum atomic E-state index is -0.00418. The zero-order chi connectivity index (χ0) is 21.8. The maximum atomic E-state index is 13.2. The van der Waals surface area contributed by atoms with Gasteiger partial charge in [0, 0.05) is 39.3 Å². The van der Waals surface area contributed by atoms with Gasteiger partial charge in [0.05, 0.1) is 42.9 Å². The molecule has 31 heavy (non-hydrogen) atoms. The summed E-state index contributed by atoms with van der Waals surface area (Å²) < 4.78 is 7.20. The van der Waals surface area contributed by atoms with E-state index in [2.05, 4.69) is 10.00 Å². The number of amides is 2. The Balaban J connectivity index is 1.38. The average molecular weight is 426 g/mol. The highest BCUT2D eigenvalue weighted by Crippen LogP contribution is 2.19. The van der Waals surface area contributed by atoms with E-state index in [4.69, 9.17) is 4.74 Å². The summed E-state index contributed by atoms with van der Waals surface area (Å²) >= 11 is 0. The smallest absolute Gasteiger partial charge is 0.257 e. The van der Waals surface area contributed by atoms with E-state index in [1.165, 1.54) is 5.56 Å². The molecule has 2 aromatic rings. The van der Waals surface area contributed by atoms with Gasteiger partial charge in [-0.1, -0.05) is 24.6 Å². The summed E-state index contributed by atoms with van der Waals surface area (Å²) in [5.74, 6) is 0.130. The number of carbonyl (C=O) groups excluding carboxylic acids is 2. The van der Waals surface area contributed by atoms with E-state index in [0.29, 0.717) is 57.9 Å². The molecule has 0 unspecified atom stereocenters. The summed E-state index contributed by atoms with van der Waals surface area (Å²) in [6.45, 7) is 9.74. The number of piperazine rings is 1. The third-order valence-electron chi connectivity index (χ3n) is 6.09. The van der Waals surface area contributed by atoms with Crippen molar-refractivity contribution < 1.29 is 14.3 Å². The third kappa shape index (κ3) is 4.80. The molecule has 1 aromatic heterocycles. The van der Waals surface area contributed by atoms with Crippen molar-refractivity contribution >= 4 is 11.8 Å². The number of nitrogens with zero attached hydrogens (tertiary/aromatic N) is 5. The van der Waals surface area contributed by atoms with Crippen molar-refractivity contribution in [3.05, 3.63) is 47.3 Å². The van der Waals surface area contributed by atoms with Crippen molar-refractivity contribution in [3.63, 3.8) is 0 Å². The van der Waals surface area contributed by atoms with Gasteiger partial charge in [-0.05, 0) is 25.5 Å². The number of aromatic nitrogens is 2. The number of morpholine rings is 1. The van der Waals surface area contributed by atoms with Crippen molar-refractivity contribution in [2.24, 2.45) is 0 Å². The number of benzene rings is 1. The molecule has 0 N–H and O–H groups in total. The van der Waals surface area contributed by atoms with E-state index in [9.17, 15) is 9.59 Å². The fourth-order valence-electron chi connectivity index (χ4n) is 4.18. The Morgan fingerprint density at radius 1 is 0.968 bits per heavy atom. The van der Waals surface area contributed by atoms with Crippen LogP contribution >= 0.6 is 0 Å². The molecular weight excluding hydrogens is 394 g/mol. The number of hydrogen-bond acceptors (Lipinski definition) is 5. The van der Waals surface area contributed by atoms with Gasteiger partial charge in [0.1, 0.15) is 0 Å². The van der Waals surface area contributed by atoms with Crippen LogP contribution in [0.15, 0.2) is 30.5 Å². The highest BCUT2D eigenvalue weighted by atomic mass is 16.5. The van der Waals surface area contributed by atoms with Crippen LogP contribution in [0.25, 0.3) is 5.69 Å². The van der Waals surface area contributed by atoms with Crippen LogP contribution in [0.2, 0.25) is 0 Å². The normalized spacial score (nSPS) is 17.7. The molecule has 8 heteroatoms. The number of ether oxygens (including phenoxy) is 1. The SMILES string of the molecule is CCc1c(C(=O)N2CCN(C(=O)CN3CCOCC3)CC2)cnn1-c1ccc(C)cc1. The van der Waals surface area contributed by atoms with Crippen LogP contribution in [0, 0.1) is 6.92 Å². The van der Waals surface area contributed by atoms with E-state index in [1.54, 1.807) is 6.20 Å². The maximum absolute atomic E-state index is 13.2. The predicted octanol–water partition coefficient (Wildman–Crippen LogP) is 1.36. The molecule has 2 amide bonds. The Morgan fingerprint density at radius 3 is 2.26 bits per heavy atom. The third-order valence-corrected chi connectivity index (χ3v) is 6.09. The van der Waals surface area contributed by atoms with Gasteiger partial charge in [-0.2, -0.15) is 5.10 Å². The second kappa shape index (κ2) is 9.62. The molecule has 2 aliphatic rings. The highest BCUT2D eigenvalue weighted by molar-refractivity contribution is 5.95. The van der Waals surface area contributed by atoms with Crippen LogP contribution < -0.4 is 0 Å². The lowest BCUT2D eigenvalue weighted by molar-refractivity contribution is -0.134. The molecule has 4 rings (SSSR count). The lowest BCUT2D eigenvalue weighted by atomic mass is 10.1. The fourth-order valence-corrected chi connectivity index (χ4v) is 4.18. The number of hydrogen-bond donors (Lipinski definition) is 0. The molecule has 0 saturated carbocycles. The van der Waals surface area contributed by atoms with Crippen LogP contribution in [0.3, 0.4) is 0 Å². The molecule has 166 valence electrons. The van der Waals surface area contributed by atoms with Gasteiger partial charge in [-0.25, -0.2) is 4.68 Å². The molecule has 0 atom stereocenters. The summed E-state index contributed by atoms with van der Waals surface area (Å²) in [6, 6.07) is 8.14. The summed E-state index contributed by atoms with van der Waals surface area (Å²) in [5.41, 5.74) is 3.71. The van der Waals surface area contributed by atoms with Crippen LogP contribution in [-0.2, 0) is 16.0 Å². The van der Waals surface area contributed by atoms with E-state index in [1.807, 2.05) is 52.6 Å². The fraction of sp³-hybridized carbons (Fsp3) is 0.522. The second-order valence-electron chi connectivity index (χ2n) is 8.17. The molecule has 2 saturated heterocycles. The first kappa shape index (κ1) is 21.5. The first-order chi connectivity index (χ1) is 15.1. The zero-order valence-corrected chi connectivity index (χ0v) is 18.4. The van der Waals surface area contributed by atoms with Crippen molar-refractivity contribution in [1.29, 1.82) is 0 Å². The zero-order valence-electron chi connectivity index (χ0n) is 18.4. The van der Waals surface area contributed by atoms with Crippen LogP contribution in [-0.4, -0.2) is 95.3 Å². The van der Waals surface area contributed by atoms with Crippen molar-refractivity contribution in [1.82, 2.24) is 24.5 Å². The van der Waals surface area contributed by atoms with Gasteiger partial charge in [-0.3, -0.25) is 14.5 Å². The molecule has 0 aliphatic carbocycles. The summed E-state index contributed by atoms with van der Waals surface area (Å²) in [4.78, 5) is 31.7. The molecule has 2 aliphatic heterocycles. The Bertz CT molecular complexity index is 910. The topological polar surface area (TPSA) is 70.9 Å². The van der Waals surface area contributed by atoms with E-state index >= 15 is 0 Å². The van der Waals surface area contributed by atoms with E-state index in [0.717, 1.165) is 24.5 Å². The van der Waals surface area contributed by atoms with Gasteiger partial charge in [0.2, 0.25) is 5.91 Å². The van der Waals surface area contributed by atoms with Gasteiger partial charge < -0.3 is 14.5 Å². The molecule has 2 fully saturated rings. The van der Waals surface area contributed by atoms with Gasteiger partial charge in [0.15, 0.2) is 0 Å². The van der Waals surface area contributed by atoms with Gasteiger partial charge in [-0.15, -0.1) is 0 Å². The second-order valence-corrected chi connectivity index (χ2v) is 8.17. The summed E-state index contributed by atoms with van der Waals surface area (Å²) in [7, 11) is 0. The maximum Gasteiger partial charge on any atom is 0.257 e. The Morgan fingerprint density at radius 2 is 1.61 bits per heavy atom. The lowest BCUT2D eigenvalue weighted by Gasteiger charge is -2.36. The molecule has 0 spiro atoms. The number of aryl methyl sites for hydroxylation is 1. The average Bonchev–Trinajstić information content (AvgIpc) is 3.24. The molecule has 8 nitrogen and oxygen atoms in total. The molecule has 3 heterocycles. The molecule has 1 aromatic carbocycles. The quantitative estimate of drug-likeness (QED) is 0.724. The van der Waals surface area contributed by atoms with Gasteiger partial charge >= 0.3 is 0 Å². The first-order valence-corrected chi connectivity index (χ1v) is 11.1. The summed E-state index contributed by atoms with van der Waals surface area (Å²) in [5, 5.41) is 4.50. The largest absolute Gasteiger partial charge is 0.379 e. The summed E-state index contributed by atoms with van der Waals surface area (Å²) in [6.07, 6.45) is 2.39. The van der Waals surface area contributed by atoms with Crippen molar-refractivity contribution in [2.75, 3.05) is 59.0 Å². The van der Waals surface area contributed by atoms with Crippen LogP contribution in [0.5, 0.6) is 0 Å². The molecule has 0 radical (unpaired) electrons. The van der Waals surface area contributed by atoms with Crippen LogP contribution in [0.1, 0.15) is 28.5 Å². The lowest BCUT2D eigenvalue weighted by Crippen LogP contribution is -2.53. The number of carbonyl (C=O) groups is 2. The van der Waals surface area contributed by atoms with Crippen LogP contribution in [0.4, 0.5) is 0 Å². The van der Waals surface area contributed by atoms with Crippen molar-refractivity contribution in [3.8, 4) is 5.69 Å². The minimum absolute atomic E-state index is 0.00418. The number of rotatable bonds is 5. The Labute approximate surface area is 183 Å². The first-order valence-electron chi connectivity index (χ1n) is 11.1. The highest BCUT2D eigenvalue weighted by Gasteiger charge is 2.28. The monoisotopic (exact) mass is 425 g/mol. The minimum Gasteiger partial charge on any atom is -0.379 e. The molecular formula is C23H31N5O3.